The summed E-state index contributed by atoms with van der Waals surface area (Å²) in [6.07, 6.45) is 0. The van der Waals surface area contributed by atoms with Gasteiger partial charge in [0.25, 0.3) is 0 Å². The van der Waals surface area contributed by atoms with Crippen molar-refractivity contribution < 1.29 is 19.4 Å². The first-order valence-corrected chi connectivity index (χ1v) is 5.80. The number of phenolic OH excluding ortho intramolecular Hbond substituents is 1. The van der Waals surface area contributed by atoms with Crippen molar-refractivity contribution in [2.45, 2.75) is 0 Å². The van der Waals surface area contributed by atoms with Crippen LogP contribution in [0.25, 0.3) is 11.1 Å². The van der Waals surface area contributed by atoms with Gasteiger partial charge in [0.2, 0.25) is 0 Å². The minimum absolute atomic E-state index is 0.0569. The summed E-state index contributed by atoms with van der Waals surface area (Å²) >= 11 is 3.00. The van der Waals surface area contributed by atoms with Crippen molar-refractivity contribution in [3.63, 3.8) is 0 Å². The second-order valence-corrected chi connectivity index (χ2v) is 4.49. The van der Waals surface area contributed by atoms with E-state index in [0.717, 1.165) is 6.07 Å². The van der Waals surface area contributed by atoms with Gasteiger partial charge >= 0.3 is 5.97 Å². The topological polar surface area (TPSA) is 57.5 Å². The van der Waals surface area contributed by atoms with Crippen LogP contribution in [0.4, 0.5) is 4.39 Å². The number of hydrogen-bond acceptors (Lipinski definition) is 2. The summed E-state index contributed by atoms with van der Waals surface area (Å²) in [5.41, 5.74) is 0.404. The zero-order valence-electron chi connectivity index (χ0n) is 9.02. The molecule has 2 rings (SSSR count). The second kappa shape index (κ2) is 4.78. The predicted octanol–water partition coefficient (Wildman–Crippen LogP) is 3.66. The summed E-state index contributed by atoms with van der Waals surface area (Å²) in [6, 6.07) is 8.57. The van der Waals surface area contributed by atoms with Gasteiger partial charge in [0.15, 0.2) is 0 Å². The van der Waals surface area contributed by atoms with Crippen molar-refractivity contribution in [3.05, 3.63) is 52.3 Å². The van der Waals surface area contributed by atoms with Crippen molar-refractivity contribution in [2.24, 2.45) is 0 Å². The van der Waals surface area contributed by atoms with Crippen LogP contribution in [0.3, 0.4) is 0 Å². The predicted molar refractivity (Wildman–Crippen MR) is 68.2 cm³/mol. The zero-order valence-corrected chi connectivity index (χ0v) is 10.6. The number of aromatic carboxylic acids is 1. The lowest BCUT2D eigenvalue weighted by molar-refractivity contribution is 0.0697. The Morgan fingerprint density at radius 2 is 1.83 bits per heavy atom. The van der Waals surface area contributed by atoms with E-state index in [-0.39, 0.29) is 21.3 Å². The fraction of sp³-hybridized carbons (Fsp3) is 0. The average molecular weight is 311 g/mol. The van der Waals surface area contributed by atoms with Crippen molar-refractivity contribution in [3.8, 4) is 16.9 Å². The number of halogens is 2. The van der Waals surface area contributed by atoms with Crippen LogP contribution < -0.4 is 0 Å². The molecule has 0 aliphatic rings. The van der Waals surface area contributed by atoms with Gasteiger partial charge in [0.05, 0.1) is 10.0 Å². The molecule has 0 aliphatic heterocycles. The minimum Gasteiger partial charge on any atom is -0.507 e. The van der Waals surface area contributed by atoms with Crippen molar-refractivity contribution in [2.75, 3.05) is 0 Å². The third-order valence-corrected chi connectivity index (χ3v) is 3.09. The second-order valence-electron chi connectivity index (χ2n) is 3.63. The molecule has 0 atom stereocenters. The highest BCUT2D eigenvalue weighted by Gasteiger charge is 2.17. The summed E-state index contributed by atoms with van der Waals surface area (Å²) in [5.74, 6) is -1.97. The molecule has 2 aromatic rings. The van der Waals surface area contributed by atoms with Crippen LogP contribution in [0.15, 0.2) is 40.9 Å². The standard InChI is InChI=1S/C13H8BrFO3/c14-10-5-8(7-3-1-2-4-12(7)16)9(13(17)18)6-11(10)15/h1-6,16H,(H,17,18). The number of benzene rings is 2. The van der Waals surface area contributed by atoms with Gasteiger partial charge in [-0.25, -0.2) is 9.18 Å². The fourth-order valence-corrected chi connectivity index (χ4v) is 1.99. The fourth-order valence-electron chi connectivity index (χ4n) is 1.65. The Morgan fingerprint density at radius 3 is 2.44 bits per heavy atom. The van der Waals surface area contributed by atoms with Crippen LogP contribution in [0.1, 0.15) is 10.4 Å². The Labute approximate surface area is 111 Å². The molecule has 92 valence electrons. The van der Waals surface area contributed by atoms with E-state index in [1.807, 2.05) is 0 Å². The monoisotopic (exact) mass is 310 g/mol. The van der Waals surface area contributed by atoms with Gasteiger partial charge in [0.1, 0.15) is 11.6 Å². The van der Waals surface area contributed by atoms with E-state index in [9.17, 15) is 14.3 Å². The van der Waals surface area contributed by atoms with Gasteiger partial charge in [-0.05, 0) is 34.1 Å². The van der Waals surface area contributed by atoms with Gasteiger partial charge in [-0.3, -0.25) is 0 Å². The van der Waals surface area contributed by atoms with Gasteiger partial charge in [-0.2, -0.15) is 0 Å². The summed E-state index contributed by atoms with van der Waals surface area (Å²) in [4.78, 5) is 11.1. The van der Waals surface area contributed by atoms with Crippen LogP contribution in [-0.4, -0.2) is 16.2 Å². The first-order chi connectivity index (χ1) is 8.50. The number of hydrogen-bond donors (Lipinski definition) is 2. The molecule has 0 saturated carbocycles. The smallest absolute Gasteiger partial charge is 0.336 e. The lowest BCUT2D eigenvalue weighted by Crippen LogP contribution is -2.01. The molecule has 0 radical (unpaired) electrons. The Bertz CT molecular complexity index is 626. The molecular formula is C13H8BrFO3. The summed E-state index contributed by atoms with van der Waals surface area (Å²) in [5, 5.41) is 18.8. The highest BCUT2D eigenvalue weighted by molar-refractivity contribution is 9.10. The number of aromatic hydroxyl groups is 1. The third kappa shape index (κ3) is 2.22. The van der Waals surface area contributed by atoms with Crippen molar-refractivity contribution in [1.29, 1.82) is 0 Å². The lowest BCUT2D eigenvalue weighted by Gasteiger charge is -2.09. The molecule has 0 spiro atoms. The molecule has 0 fully saturated rings. The molecule has 18 heavy (non-hydrogen) atoms. The van der Waals surface area contributed by atoms with Crippen LogP contribution in [-0.2, 0) is 0 Å². The maximum atomic E-state index is 13.4. The van der Waals surface area contributed by atoms with Crippen LogP contribution in [0.5, 0.6) is 5.75 Å². The van der Waals surface area contributed by atoms with Gasteiger partial charge < -0.3 is 10.2 Å². The maximum Gasteiger partial charge on any atom is 0.336 e. The van der Waals surface area contributed by atoms with Crippen LogP contribution in [0, 0.1) is 5.82 Å². The lowest BCUT2D eigenvalue weighted by atomic mass is 9.99. The molecular weight excluding hydrogens is 303 g/mol. The quantitative estimate of drug-likeness (QED) is 0.890. The van der Waals surface area contributed by atoms with E-state index < -0.39 is 11.8 Å². The van der Waals surface area contributed by atoms with Crippen LogP contribution in [0.2, 0.25) is 0 Å². The minimum atomic E-state index is -1.25. The summed E-state index contributed by atoms with van der Waals surface area (Å²) < 4.78 is 13.5. The largest absolute Gasteiger partial charge is 0.507 e. The van der Waals surface area contributed by atoms with E-state index >= 15 is 0 Å². The molecule has 0 aromatic heterocycles. The van der Waals surface area contributed by atoms with E-state index in [0.29, 0.717) is 5.56 Å². The Morgan fingerprint density at radius 1 is 1.17 bits per heavy atom. The molecule has 0 amide bonds. The number of rotatable bonds is 2. The number of carboxylic acids is 1. The van der Waals surface area contributed by atoms with E-state index in [1.54, 1.807) is 18.2 Å². The first-order valence-electron chi connectivity index (χ1n) is 5.01. The maximum absolute atomic E-state index is 13.4. The van der Waals surface area contributed by atoms with E-state index in [2.05, 4.69) is 15.9 Å². The summed E-state index contributed by atoms with van der Waals surface area (Å²) in [7, 11) is 0. The number of carbonyl (C=O) groups is 1. The normalized spacial score (nSPS) is 10.3. The Balaban J connectivity index is 2.74. The van der Waals surface area contributed by atoms with Gasteiger partial charge in [0, 0.05) is 11.1 Å². The van der Waals surface area contributed by atoms with Gasteiger partial charge in [-0.1, -0.05) is 18.2 Å². The molecule has 5 heteroatoms. The Hall–Kier alpha value is -1.88. The molecule has 0 unspecified atom stereocenters. The first kappa shape index (κ1) is 12.6. The molecule has 0 bridgehead atoms. The molecule has 0 aliphatic carbocycles. The summed E-state index contributed by atoms with van der Waals surface area (Å²) in [6.45, 7) is 0. The van der Waals surface area contributed by atoms with Crippen molar-refractivity contribution in [1.82, 2.24) is 0 Å². The number of para-hydroxylation sites is 1. The van der Waals surface area contributed by atoms with E-state index in [4.69, 9.17) is 5.11 Å². The SMILES string of the molecule is O=C(O)c1cc(F)c(Br)cc1-c1ccccc1O. The Kier molecular flexibility index (Phi) is 3.34. The molecule has 2 N–H and O–H groups in total. The molecule has 0 heterocycles. The third-order valence-electron chi connectivity index (χ3n) is 2.49. The molecule has 2 aromatic carbocycles. The number of carboxylic acid groups (broad SMARTS) is 1. The van der Waals surface area contributed by atoms with Crippen molar-refractivity contribution >= 4 is 21.9 Å². The highest BCUT2D eigenvalue weighted by atomic mass is 79.9. The average Bonchev–Trinajstić information content (AvgIpc) is 2.32. The zero-order chi connectivity index (χ0) is 13.3. The van der Waals surface area contributed by atoms with E-state index in [1.165, 1.54) is 12.1 Å². The van der Waals surface area contributed by atoms with Gasteiger partial charge in [-0.15, -0.1) is 0 Å². The number of phenols is 1. The highest BCUT2D eigenvalue weighted by Crippen LogP contribution is 2.34. The molecule has 3 nitrogen and oxygen atoms in total. The molecule has 0 saturated heterocycles. The van der Waals surface area contributed by atoms with Crippen LogP contribution >= 0.6 is 15.9 Å².